The molecule has 0 aromatic carbocycles. The Balaban J connectivity index is 2.37. The highest BCUT2D eigenvalue weighted by Crippen LogP contribution is 2.39. The van der Waals surface area contributed by atoms with Crippen LogP contribution in [0.4, 0.5) is 0 Å². The zero-order chi connectivity index (χ0) is 18.1. The van der Waals surface area contributed by atoms with Crippen LogP contribution < -0.4 is 0 Å². The van der Waals surface area contributed by atoms with Crippen molar-refractivity contribution in [2.45, 2.75) is 45.8 Å². The second-order valence-corrected chi connectivity index (χ2v) is 9.05. The molecule has 130 valence electrons. The van der Waals surface area contributed by atoms with Crippen LogP contribution in [0.25, 0.3) is 6.08 Å². The number of aromatic nitrogens is 1. The largest absolute Gasteiger partial charge is 0.491 e. The van der Waals surface area contributed by atoms with E-state index in [1.54, 1.807) is 13.1 Å². The third kappa shape index (κ3) is 4.64. The van der Waals surface area contributed by atoms with Gasteiger partial charge in [0.25, 0.3) is 0 Å². The van der Waals surface area contributed by atoms with Gasteiger partial charge in [0.15, 0.2) is 5.12 Å². The summed E-state index contributed by atoms with van der Waals surface area (Å²) >= 11 is 10.8. The molecule has 0 radical (unpaired) electrons. The Kier molecular flexibility index (Phi) is 6.24. The summed E-state index contributed by atoms with van der Waals surface area (Å²) in [5.41, 5.74) is 0.698. The number of pyridine rings is 1. The predicted octanol–water partition coefficient (Wildman–Crippen LogP) is 4.79. The van der Waals surface area contributed by atoms with Crippen LogP contribution in [0.15, 0.2) is 22.2 Å². The molecule has 2 heterocycles. The molecule has 1 aliphatic rings. The van der Waals surface area contributed by atoms with Gasteiger partial charge in [-0.15, -0.1) is 0 Å². The van der Waals surface area contributed by atoms with Crippen molar-refractivity contribution in [2.24, 2.45) is 0 Å². The van der Waals surface area contributed by atoms with E-state index in [-0.39, 0.29) is 5.12 Å². The first-order chi connectivity index (χ1) is 11.0. The van der Waals surface area contributed by atoms with Crippen molar-refractivity contribution >= 4 is 57.6 Å². The van der Waals surface area contributed by atoms with E-state index < -0.39 is 18.3 Å². The SMILES string of the molecule is CC(=O)SCC(=Cc1cc(Br)cnc1Cl)B1OC(C)(C)C(C)(C)O1. The lowest BCUT2D eigenvalue weighted by Crippen LogP contribution is -2.41. The Hall–Kier alpha value is -0.335. The zero-order valence-corrected chi connectivity index (χ0v) is 17.5. The highest BCUT2D eigenvalue weighted by Gasteiger charge is 2.52. The fourth-order valence-corrected chi connectivity index (χ4v) is 3.19. The molecule has 1 saturated heterocycles. The van der Waals surface area contributed by atoms with E-state index in [9.17, 15) is 4.79 Å². The molecular formula is C16H20BBrClNO3S. The molecule has 1 aromatic rings. The number of carbonyl (C=O) groups is 1. The molecule has 0 saturated carbocycles. The van der Waals surface area contributed by atoms with Gasteiger partial charge in [0.1, 0.15) is 5.15 Å². The fourth-order valence-electron chi connectivity index (χ4n) is 2.10. The Morgan fingerprint density at radius 2 is 1.96 bits per heavy atom. The maximum atomic E-state index is 11.4. The van der Waals surface area contributed by atoms with Crippen LogP contribution in [0, 0.1) is 0 Å². The van der Waals surface area contributed by atoms with E-state index >= 15 is 0 Å². The Bertz CT molecular complexity index is 665. The zero-order valence-electron chi connectivity index (χ0n) is 14.4. The van der Waals surface area contributed by atoms with E-state index in [1.807, 2.05) is 39.8 Å². The lowest BCUT2D eigenvalue weighted by Gasteiger charge is -2.32. The molecule has 0 atom stereocenters. The van der Waals surface area contributed by atoms with Gasteiger partial charge < -0.3 is 9.31 Å². The highest BCUT2D eigenvalue weighted by molar-refractivity contribution is 9.10. The average molecular weight is 433 g/mol. The Labute approximate surface area is 161 Å². The number of rotatable bonds is 4. The molecule has 0 bridgehead atoms. The summed E-state index contributed by atoms with van der Waals surface area (Å²) in [6.07, 6.45) is 3.52. The predicted molar refractivity (Wildman–Crippen MR) is 104 cm³/mol. The molecule has 0 unspecified atom stereocenters. The lowest BCUT2D eigenvalue weighted by molar-refractivity contribution is -0.109. The van der Waals surface area contributed by atoms with Gasteiger partial charge in [-0.3, -0.25) is 4.79 Å². The number of nitrogens with zero attached hydrogens (tertiary/aromatic N) is 1. The van der Waals surface area contributed by atoms with Crippen molar-refractivity contribution in [1.29, 1.82) is 0 Å². The van der Waals surface area contributed by atoms with Gasteiger partial charge in [-0.05, 0) is 55.2 Å². The molecule has 2 rings (SSSR count). The van der Waals surface area contributed by atoms with Gasteiger partial charge >= 0.3 is 7.12 Å². The van der Waals surface area contributed by atoms with Gasteiger partial charge in [-0.2, -0.15) is 0 Å². The molecule has 1 fully saturated rings. The Morgan fingerprint density at radius 1 is 1.38 bits per heavy atom. The summed E-state index contributed by atoms with van der Waals surface area (Å²) < 4.78 is 13.0. The number of hydrogen-bond donors (Lipinski definition) is 0. The van der Waals surface area contributed by atoms with Gasteiger partial charge in [0.05, 0.1) is 11.2 Å². The molecule has 4 nitrogen and oxygen atoms in total. The van der Waals surface area contributed by atoms with E-state index in [1.165, 1.54) is 11.8 Å². The second kappa shape index (κ2) is 7.50. The van der Waals surface area contributed by atoms with Crippen LogP contribution in [-0.2, 0) is 14.1 Å². The van der Waals surface area contributed by atoms with Crippen LogP contribution in [0.1, 0.15) is 40.2 Å². The van der Waals surface area contributed by atoms with Crippen LogP contribution in [-0.4, -0.2) is 34.2 Å². The number of carbonyl (C=O) groups excluding carboxylic acids is 1. The number of hydrogen-bond acceptors (Lipinski definition) is 5. The third-order valence-electron chi connectivity index (χ3n) is 4.17. The minimum absolute atomic E-state index is 0.0379. The summed E-state index contributed by atoms with van der Waals surface area (Å²) in [5.74, 6) is 0.467. The van der Waals surface area contributed by atoms with Crippen LogP contribution in [0.5, 0.6) is 0 Å². The van der Waals surface area contributed by atoms with Crippen LogP contribution in [0.3, 0.4) is 0 Å². The van der Waals surface area contributed by atoms with Crippen LogP contribution in [0.2, 0.25) is 5.15 Å². The van der Waals surface area contributed by atoms with Gasteiger partial charge in [-0.1, -0.05) is 29.4 Å². The van der Waals surface area contributed by atoms with Crippen molar-refractivity contribution < 1.29 is 14.1 Å². The monoisotopic (exact) mass is 431 g/mol. The summed E-state index contributed by atoms with van der Waals surface area (Å²) in [7, 11) is -0.531. The molecule has 8 heteroatoms. The fraction of sp³-hybridized carbons (Fsp3) is 0.500. The molecule has 0 spiro atoms. The maximum Gasteiger partial charge on any atom is 0.491 e. The maximum absolute atomic E-state index is 11.4. The summed E-state index contributed by atoms with van der Waals surface area (Å²) in [4.78, 5) is 15.5. The topological polar surface area (TPSA) is 48.4 Å². The van der Waals surface area contributed by atoms with Gasteiger partial charge in [-0.25, -0.2) is 4.98 Å². The highest BCUT2D eigenvalue weighted by atomic mass is 79.9. The second-order valence-electron chi connectivity index (χ2n) is 6.62. The normalized spacial score (nSPS) is 19.6. The standard InChI is InChI=1S/C16H20BBrClNO3S/c1-10(21)24-9-12(6-11-7-13(18)8-20-14(11)19)17-22-15(2,3)16(4,5)23-17/h6-8H,9H2,1-5H3. The van der Waals surface area contributed by atoms with E-state index in [2.05, 4.69) is 20.9 Å². The first-order valence-corrected chi connectivity index (χ1v) is 9.68. The van der Waals surface area contributed by atoms with Crippen molar-refractivity contribution in [3.8, 4) is 0 Å². The average Bonchev–Trinajstić information content (AvgIpc) is 2.66. The molecule has 1 aliphatic heterocycles. The quantitative estimate of drug-likeness (QED) is 0.506. The summed E-state index contributed by atoms with van der Waals surface area (Å²) in [6.45, 7) is 9.53. The van der Waals surface area contributed by atoms with Crippen molar-refractivity contribution in [3.05, 3.63) is 32.9 Å². The van der Waals surface area contributed by atoms with E-state index in [4.69, 9.17) is 20.9 Å². The third-order valence-corrected chi connectivity index (χ3v) is 5.81. The molecule has 1 aromatic heterocycles. The van der Waals surface area contributed by atoms with Crippen molar-refractivity contribution in [3.63, 3.8) is 0 Å². The lowest BCUT2D eigenvalue weighted by atomic mass is 9.78. The minimum atomic E-state index is -0.531. The summed E-state index contributed by atoms with van der Waals surface area (Å²) in [6, 6.07) is 1.87. The minimum Gasteiger partial charge on any atom is -0.400 e. The Morgan fingerprint density at radius 3 is 2.50 bits per heavy atom. The van der Waals surface area contributed by atoms with Gasteiger partial charge in [0, 0.05) is 28.9 Å². The van der Waals surface area contributed by atoms with Crippen molar-refractivity contribution in [2.75, 3.05) is 5.75 Å². The smallest absolute Gasteiger partial charge is 0.400 e. The van der Waals surface area contributed by atoms with Crippen LogP contribution >= 0.6 is 39.3 Å². The van der Waals surface area contributed by atoms with E-state index in [0.29, 0.717) is 10.9 Å². The van der Waals surface area contributed by atoms with Crippen molar-refractivity contribution in [1.82, 2.24) is 4.98 Å². The molecule has 0 N–H and O–H groups in total. The first kappa shape index (κ1) is 20.0. The molecule has 24 heavy (non-hydrogen) atoms. The molecule has 0 aliphatic carbocycles. The van der Waals surface area contributed by atoms with Gasteiger partial charge in [0.2, 0.25) is 0 Å². The number of halogens is 2. The summed E-state index contributed by atoms with van der Waals surface area (Å²) in [5, 5.41) is 0.427. The first-order valence-electron chi connectivity index (χ1n) is 7.52. The molecule has 0 amide bonds. The number of thioether (sulfide) groups is 1. The van der Waals surface area contributed by atoms with E-state index in [0.717, 1.165) is 15.5 Å². The molecular weight excluding hydrogens is 412 g/mol.